The molecule has 0 radical (unpaired) electrons. The highest BCUT2D eigenvalue weighted by molar-refractivity contribution is 5.99. The van der Waals surface area contributed by atoms with Crippen LogP contribution in [0.5, 0.6) is 0 Å². The molecule has 1 amide bonds. The van der Waals surface area contributed by atoms with E-state index in [1.807, 2.05) is 32.9 Å². The summed E-state index contributed by atoms with van der Waals surface area (Å²) < 4.78 is 0. The van der Waals surface area contributed by atoms with Gasteiger partial charge in [-0.15, -0.1) is 0 Å². The van der Waals surface area contributed by atoms with Crippen molar-refractivity contribution < 1.29 is 9.90 Å². The number of nitrogens with two attached hydrogens (primary N) is 1. The summed E-state index contributed by atoms with van der Waals surface area (Å²) in [6, 6.07) is 5.45. The van der Waals surface area contributed by atoms with E-state index in [2.05, 4.69) is 0 Å². The molecule has 1 aromatic rings. The van der Waals surface area contributed by atoms with E-state index < -0.39 is 0 Å². The molecular formula is C13H20N2O2. The molecule has 0 heterocycles. The number of rotatable bonds is 4. The molecule has 0 aliphatic carbocycles. The molecule has 94 valence electrons. The van der Waals surface area contributed by atoms with E-state index >= 15 is 0 Å². The lowest BCUT2D eigenvalue weighted by Gasteiger charge is -2.26. The van der Waals surface area contributed by atoms with Gasteiger partial charge in [0.25, 0.3) is 5.91 Å². The van der Waals surface area contributed by atoms with E-state index in [0.29, 0.717) is 17.8 Å². The lowest BCUT2D eigenvalue weighted by molar-refractivity contribution is 0.0666. The fraction of sp³-hybridized carbons (Fsp3) is 0.462. The number of nitrogens with zero attached hydrogens (tertiary/aromatic N) is 1. The van der Waals surface area contributed by atoms with Gasteiger partial charge in [0.15, 0.2) is 0 Å². The molecule has 3 N–H and O–H groups in total. The Balaban J connectivity index is 3.05. The number of aliphatic hydroxyl groups excluding tert-OH is 1. The maximum atomic E-state index is 12.3. The van der Waals surface area contributed by atoms with Crippen molar-refractivity contribution in [1.29, 1.82) is 0 Å². The predicted octanol–water partition coefficient (Wildman–Crippen LogP) is 1.42. The average molecular weight is 236 g/mol. The Labute approximate surface area is 102 Å². The second-order valence-corrected chi connectivity index (χ2v) is 4.35. The van der Waals surface area contributed by atoms with Crippen LogP contribution in [0, 0.1) is 6.92 Å². The highest BCUT2D eigenvalue weighted by Gasteiger charge is 2.20. The second-order valence-electron chi connectivity index (χ2n) is 4.35. The number of aliphatic hydroxyl groups is 1. The maximum Gasteiger partial charge on any atom is 0.256 e. The summed E-state index contributed by atoms with van der Waals surface area (Å²) in [6.45, 7) is 5.98. The smallest absolute Gasteiger partial charge is 0.256 e. The second kappa shape index (κ2) is 5.68. The van der Waals surface area contributed by atoms with Gasteiger partial charge in [0.05, 0.1) is 12.2 Å². The van der Waals surface area contributed by atoms with Gasteiger partial charge in [0, 0.05) is 18.3 Å². The van der Waals surface area contributed by atoms with E-state index in [1.165, 1.54) is 0 Å². The summed E-state index contributed by atoms with van der Waals surface area (Å²) in [5, 5.41) is 8.98. The van der Waals surface area contributed by atoms with Crippen molar-refractivity contribution in [2.24, 2.45) is 0 Å². The number of hydrogen-bond acceptors (Lipinski definition) is 3. The van der Waals surface area contributed by atoms with Crippen LogP contribution in [0.3, 0.4) is 0 Å². The van der Waals surface area contributed by atoms with Gasteiger partial charge in [-0.3, -0.25) is 4.79 Å². The summed E-state index contributed by atoms with van der Waals surface area (Å²) >= 11 is 0. The molecule has 0 saturated heterocycles. The zero-order valence-electron chi connectivity index (χ0n) is 10.6. The Bertz CT molecular complexity index is 402. The van der Waals surface area contributed by atoms with Gasteiger partial charge in [0.2, 0.25) is 0 Å². The summed E-state index contributed by atoms with van der Waals surface area (Å²) in [5.41, 5.74) is 7.82. The van der Waals surface area contributed by atoms with Crippen LogP contribution in [0.25, 0.3) is 0 Å². The molecule has 0 fully saturated rings. The number of nitrogen functional groups attached to an aromatic ring is 1. The Morgan fingerprint density at radius 1 is 1.47 bits per heavy atom. The number of carbonyl (C=O) groups is 1. The minimum Gasteiger partial charge on any atom is -0.398 e. The van der Waals surface area contributed by atoms with Gasteiger partial charge >= 0.3 is 0 Å². The lowest BCUT2D eigenvalue weighted by atomic mass is 10.1. The fourth-order valence-corrected chi connectivity index (χ4v) is 1.72. The fourth-order valence-electron chi connectivity index (χ4n) is 1.72. The highest BCUT2D eigenvalue weighted by atomic mass is 16.3. The summed E-state index contributed by atoms with van der Waals surface area (Å²) in [6.07, 6.45) is 0. The summed E-state index contributed by atoms with van der Waals surface area (Å²) in [5.74, 6) is -0.129. The third-order valence-corrected chi connectivity index (χ3v) is 2.78. The normalized spacial score (nSPS) is 10.6. The van der Waals surface area contributed by atoms with E-state index in [4.69, 9.17) is 10.8 Å². The lowest BCUT2D eigenvalue weighted by Crippen LogP contribution is -2.39. The van der Waals surface area contributed by atoms with Gasteiger partial charge in [-0.1, -0.05) is 12.1 Å². The number of aryl methyl sites for hydroxylation is 1. The van der Waals surface area contributed by atoms with Gasteiger partial charge in [-0.25, -0.2) is 0 Å². The van der Waals surface area contributed by atoms with Gasteiger partial charge < -0.3 is 15.7 Å². The molecule has 4 heteroatoms. The Kier molecular flexibility index (Phi) is 4.52. The first-order valence-corrected chi connectivity index (χ1v) is 5.76. The molecule has 0 aliphatic rings. The molecule has 0 aromatic heterocycles. The standard InChI is InChI=1S/C13H20N2O2/c1-9(2)15(7-8-16)13(17)11-6-4-5-10(3)12(11)14/h4-6,9,16H,7-8,14H2,1-3H3. The molecule has 1 aromatic carbocycles. The molecule has 0 aliphatic heterocycles. The third-order valence-electron chi connectivity index (χ3n) is 2.78. The van der Waals surface area contributed by atoms with Crippen LogP contribution in [-0.4, -0.2) is 35.1 Å². The SMILES string of the molecule is Cc1cccc(C(=O)N(CCO)C(C)C)c1N. The van der Waals surface area contributed by atoms with Crippen molar-refractivity contribution in [3.05, 3.63) is 29.3 Å². The van der Waals surface area contributed by atoms with Crippen LogP contribution >= 0.6 is 0 Å². The summed E-state index contributed by atoms with van der Waals surface area (Å²) in [7, 11) is 0. The molecular weight excluding hydrogens is 216 g/mol. The Morgan fingerprint density at radius 2 is 2.12 bits per heavy atom. The van der Waals surface area contributed by atoms with Crippen molar-refractivity contribution in [3.63, 3.8) is 0 Å². The zero-order valence-corrected chi connectivity index (χ0v) is 10.6. The van der Waals surface area contributed by atoms with Crippen LogP contribution in [0.2, 0.25) is 0 Å². The molecule has 4 nitrogen and oxygen atoms in total. The van der Waals surface area contributed by atoms with E-state index in [1.54, 1.807) is 11.0 Å². The number of amides is 1. The van der Waals surface area contributed by atoms with Crippen LogP contribution in [0.1, 0.15) is 29.8 Å². The van der Waals surface area contributed by atoms with Gasteiger partial charge in [-0.2, -0.15) is 0 Å². The molecule has 17 heavy (non-hydrogen) atoms. The minimum atomic E-state index is -0.129. The van der Waals surface area contributed by atoms with Crippen LogP contribution in [-0.2, 0) is 0 Å². The molecule has 1 rings (SSSR count). The Morgan fingerprint density at radius 3 is 2.65 bits per heavy atom. The van der Waals surface area contributed by atoms with Gasteiger partial charge in [0.1, 0.15) is 0 Å². The van der Waals surface area contributed by atoms with E-state index in [-0.39, 0.29) is 18.6 Å². The molecule has 0 saturated carbocycles. The zero-order chi connectivity index (χ0) is 13.0. The van der Waals surface area contributed by atoms with Crippen LogP contribution < -0.4 is 5.73 Å². The molecule has 0 atom stereocenters. The summed E-state index contributed by atoms with van der Waals surface area (Å²) in [4.78, 5) is 13.9. The van der Waals surface area contributed by atoms with E-state index in [9.17, 15) is 4.79 Å². The first-order valence-electron chi connectivity index (χ1n) is 5.76. The molecule has 0 unspecified atom stereocenters. The first-order chi connectivity index (χ1) is 7.99. The highest BCUT2D eigenvalue weighted by Crippen LogP contribution is 2.19. The average Bonchev–Trinajstić information content (AvgIpc) is 2.28. The predicted molar refractivity (Wildman–Crippen MR) is 68.8 cm³/mol. The number of carbonyl (C=O) groups excluding carboxylic acids is 1. The number of anilines is 1. The van der Waals surface area contributed by atoms with Crippen LogP contribution in [0.15, 0.2) is 18.2 Å². The van der Waals surface area contributed by atoms with Crippen molar-refractivity contribution in [1.82, 2.24) is 4.90 Å². The van der Waals surface area contributed by atoms with E-state index in [0.717, 1.165) is 5.56 Å². The van der Waals surface area contributed by atoms with Crippen LogP contribution in [0.4, 0.5) is 5.69 Å². The van der Waals surface area contributed by atoms with Crippen molar-refractivity contribution in [2.75, 3.05) is 18.9 Å². The molecule has 0 spiro atoms. The van der Waals surface area contributed by atoms with Crippen molar-refractivity contribution >= 4 is 11.6 Å². The van der Waals surface area contributed by atoms with Crippen molar-refractivity contribution in [3.8, 4) is 0 Å². The monoisotopic (exact) mass is 236 g/mol. The largest absolute Gasteiger partial charge is 0.398 e. The first kappa shape index (κ1) is 13.5. The van der Waals surface area contributed by atoms with Crippen molar-refractivity contribution in [2.45, 2.75) is 26.8 Å². The number of benzene rings is 1. The number of para-hydroxylation sites is 1. The molecule has 0 bridgehead atoms. The quantitative estimate of drug-likeness (QED) is 0.777. The minimum absolute atomic E-state index is 0.0366. The van der Waals surface area contributed by atoms with Gasteiger partial charge in [-0.05, 0) is 32.4 Å². The third kappa shape index (κ3) is 2.97. The topological polar surface area (TPSA) is 66.6 Å². The Hall–Kier alpha value is -1.55. The maximum absolute atomic E-state index is 12.3. The number of hydrogen-bond donors (Lipinski definition) is 2.